The number of hydrogen-bond donors (Lipinski definition) is 1. The molecule has 1 aromatic carbocycles. The van der Waals surface area contributed by atoms with Crippen LogP contribution in [0.2, 0.25) is 10.0 Å². The second kappa shape index (κ2) is 8.52. The summed E-state index contributed by atoms with van der Waals surface area (Å²) in [5.41, 5.74) is 0.783. The van der Waals surface area contributed by atoms with Crippen LogP contribution in [0.4, 0.5) is 0 Å². The van der Waals surface area contributed by atoms with Gasteiger partial charge in [-0.1, -0.05) is 29.3 Å². The van der Waals surface area contributed by atoms with E-state index in [4.69, 9.17) is 23.2 Å². The van der Waals surface area contributed by atoms with Gasteiger partial charge in [-0.05, 0) is 24.6 Å². The molecule has 0 atom stereocenters. The number of likely N-dealkylation sites (N-methyl/N-ethyl adjacent to an activating group) is 1. The van der Waals surface area contributed by atoms with Gasteiger partial charge < -0.3 is 10.2 Å². The summed E-state index contributed by atoms with van der Waals surface area (Å²) in [5.74, 6) is 0.0760. The molecule has 2 rings (SSSR count). The average Bonchev–Trinajstić information content (AvgIpc) is 2.51. The number of amides is 2. The molecule has 0 bridgehead atoms. The molecular weight excluding hydrogens is 337 g/mol. The van der Waals surface area contributed by atoms with Gasteiger partial charge in [-0.15, -0.1) is 0 Å². The van der Waals surface area contributed by atoms with E-state index in [1.54, 1.807) is 18.2 Å². The zero-order chi connectivity index (χ0) is 16.8. The number of carbonyl (C=O) groups excluding carboxylic acids is 2. The Balaban J connectivity index is 1.82. The first kappa shape index (κ1) is 18.0. The molecule has 1 aliphatic heterocycles. The van der Waals surface area contributed by atoms with Crippen molar-refractivity contribution in [2.24, 2.45) is 0 Å². The molecule has 126 valence electrons. The van der Waals surface area contributed by atoms with Crippen LogP contribution in [0.5, 0.6) is 0 Å². The van der Waals surface area contributed by atoms with Gasteiger partial charge in [0.15, 0.2) is 0 Å². The Morgan fingerprint density at radius 3 is 2.48 bits per heavy atom. The lowest BCUT2D eigenvalue weighted by Crippen LogP contribution is -2.51. The van der Waals surface area contributed by atoms with Crippen molar-refractivity contribution in [3.8, 4) is 0 Å². The summed E-state index contributed by atoms with van der Waals surface area (Å²) in [6, 6.07) is 5.17. The molecule has 7 heteroatoms. The summed E-state index contributed by atoms with van der Waals surface area (Å²) in [5, 5.41) is 3.86. The first-order valence-corrected chi connectivity index (χ1v) is 8.46. The fraction of sp³-hybridized carbons (Fsp3) is 0.500. The van der Waals surface area contributed by atoms with Crippen molar-refractivity contribution in [3.05, 3.63) is 33.8 Å². The van der Waals surface area contributed by atoms with E-state index in [0.717, 1.165) is 5.56 Å². The van der Waals surface area contributed by atoms with Crippen molar-refractivity contribution in [1.29, 1.82) is 0 Å². The van der Waals surface area contributed by atoms with Crippen LogP contribution in [0, 0.1) is 0 Å². The van der Waals surface area contributed by atoms with Crippen molar-refractivity contribution >= 4 is 35.0 Å². The van der Waals surface area contributed by atoms with Crippen LogP contribution in [-0.4, -0.2) is 60.9 Å². The zero-order valence-corrected chi connectivity index (χ0v) is 14.7. The molecule has 1 fully saturated rings. The highest BCUT2D eigenvalue weighted by atomic mass is 35.5. The summed E-state index contributed by atoms with van der Waals surface area (Å²) in [4.78, 5) is 27.8. The van der Waals surface area contributed by atoms with E-state index in [2.05, 4.69) is 10.2 Å². The minimum absolute atomic E-state index is 0.0280. The maximum atomic E-state index is 12.4. The molecule has 1 aliphatic rings. The molecule has 0 spiro atoms. The average molecular weight is 358 g/mol. The molecule has 1 N–H and O–H groups in total. The van der Waals surface area contributed by atoms with E-state index in [-0.39, 0.29) is 18.2 Å². The fourth-order valence-corrected chi connectivity index (χ4v) is 3.03. The summed E-state index contributed by atoms with van der Waals surface area (Å²) in [6.45, 7) is 5.59. The predicted molar refractivity (Wildman–Crippen MR) is 91.9 cm³/mol. The molecule has 0 aliphatic carbocycles. The number of carbonyl (C=O) groups is 2. The maximum Gasteiger partial charge on any atom is 0.234 e. The Bertz CT molecular complexity index is 572. The first-order chi connectivity index (χ1) is 11.0. The zero-order valence-electron chi connectivity index (χ0n) is 13.1. The van der Waals surface area contributed by atoms with Crippen molar-refractivity contribution in [3.63, 3.8) is 0 Å². The number of halogens is 2. The minimum atomic E-state index is 0.0280. The van der Waals surface area contributed by atoms with Gasteiger partial charge in [-0.25, -0.2) is 0 Å². The van der Waals surface area contributed by atoms with Crippen LogP contribution >= 0.6 is 23.2 Å². The largest absolute Gasteiger partial charge is 0.355 e. The fourth-order valence-electron chi connectivity index (χ4n) is 2.55. The Morgan fingerprint density at radius 1 is 1.17 bits per heavy atom. The van der Waals surface area contributed by atoms with Gasteiger partial charge in [0.25, 0.3) is 0 Å². The van der Waals surface area contributed by atoms with Crippen molar-refractivity contribution < 1.29 is 9.59 Å². The molecular formula is C16H21Cl2N3O2. The third-order valence-corrected chi connectivity index (χ3v) is 4.41. The SMILES string of the molecule is CCNC(=O)CN1CCN(C(=O)Cc2ccc(Cl)cc2Cl)CC1. The lowest BCUT2D eigenvalue weighted by atomic mass is 10.1. The molecule has 0 aromatic heterocycles. The highest BCUT2D eigenvalue weighted by molar-refractivity contribution is 6.35. The second-order valence-electron chi connectivity index (χ2n) is 5.52. The van der Waals surface area contributed by atoms with E-state index in [1.165, 1.54) is 0 Å². The van der Waals surface area contributed by atoms with Crippen molar-refractivity contribution in [1.82, 2.24) is 15.1 Å². The van der Waals surface area contributed by atoms with E-state index in [1.807, 2.05) is 11.8 Å². The normalized spacial score (nSPS) is 15.5. The molecule has 0 saturated carbocycles. The third-order valence-electron chi connectivity index (χ3n) is 3.82. The lowest BCUT2D eigenvalue weighted by molar-refractivity contribution is -0.132. The van der Waals surface area contributed by atoms with Crippen LogP contribution < -0.4 is 5.32 Å². The number of rotatable bonds is 5. The van der Waals surface area contributed by atoms with Crippen molar-refractivity contribution in [2.45, 2.75) is 13.3 Å². The highest BCUT2D eigenvalue weighted by Crippen LogP contribution is 2.22. The van der Waals surface area contributed by atoms with E-state index in [9.17, 15) is 9.59 Å². The molecule has 2 amide bonds. The first-order valence-electron chi connectivity index (χ1n) is 7.70. The van der Waals surface area contributed by atoms with E-state index in [0.29, 0.717) is 49.3 Å². The van der Waals surface area contributed by atoms with Gasteiger partial charge in [0, 0.05) is 42.8 Å². The van der Waals surface area contributed by atoms with Gasteiger partial charge in [0.05, 0.1) is 13.0 Å². The van der Waals surface area contributed by atoms with Crippen LogP contribution in [-0.2, 0) is 16.0 Å². The van der Waals surface area contributed by atoms with Crippen LogP contribution in [0.3, 0.4) is 0 Å². The molecule has 23 heavy (non-hydrogen) atoms. The monoisotopic (exact) mass is 357 g/mol. The quantitative estimate of drug-likeness (QED) is 0.874. The predicted octanol–water partition coefficient (Wildman–Crippen LogP) is 1.82. The van der Waals surface area contributed by atoms with Gasteiger partial charge in [-0.3, -0.25) is 14.5 Å². The van der Waals surface area contributed by atoms with Gasteiger partial charge in [0.1, 0.15) is 0 Å². The topological polar surface area (TPSA) is 52.7 Å². The van der Waals surface area contributed by atoms with E-state index < -0.39 is 0 Å². The Hall–Kier alpha value is -1.30. The molecule has 1 heterocycles. The molecule has 1 saturated heterocycles. The smallest absolute Gasteiger partial charge is 0.234 e. The highest BCUT2D eigenvalue weighted by Gasteiger charge is 2.22. The lowest BCUT2D eigenvalue weighted by Gasteiger charge is -2.34. The van der Waals surface area contributed by atoms with Crippen molar-refractivity contribution in [2.75, 3.05) is 39.3 Å². The number of benzene rings is 1. The molecule has 1 aromatic rings. The summed E-state index contributed by atoms with van der Waals surface area (Å²) in [7, 11) is 0. The maximum absolute atomic E-state index is 12.4. The summed E-state index contributed by atoms with van der Waals surface area (Å²) >= 11 is 12.0. The Morgan fingerprint density at radius 2 is 1.87 bits per heavy atom. The summed E-state index contributed by atoms with van der Waals surface area (Å²) < 4.78 is 0. The number of nitrogens with one attached hydrogen (secondary N) is 1. The van der Waals surface area contributed by atoms with Gasteiger partial charge in [0.2, 0.25) is 11.8 Å². The number of hydrogen-bond acceptors (Lipinski definition) is 3. The Labute approximate surface area is 146 Å². The van der Waals surface area contributed by atoms with Gasteiger partial charge >= 0.3 is 0 Å². The van der Waals surface area contributed by atoms with Gasteiger partial charge in [-0.2, -0.15) is 0 Å². The van der Waals surface area contributed by atoms with Crippen LogP contribution in [0.25, 0.3) is 0 Å². The second-order valence-corrected chi connectivity index (χ2v) is 6.37. The van der Waals surface area contributed by atoms with E-state index >= 15 is 0 Å². The third kappa shape index (κ3) is 5.37. The Kier molecular flexibility index (Phi) is 6.69. The minimum Gasteiger partial charge on any atom is -0.355 e. The number of nitrogens with zero attached hydrogens (tertiary/aromatic N) is 2. The van der Waals surface area contributed by atoms with Crippen LogP contribution in [0.15, 0.2) is 18.2 Å². The van der Waals surface area contributed by atoms with Crippen LogP contribution in [0.1, 0.15) is 12.5 Å². The standard InChI is InChI=1S/C16H21Cl2N3O2/c1-2-19-15(22)11-20-5-7-21(8-6-20)16(23)9-12-3-4-13(17)10-14(12)18/h3-4,10H,2,5-9,11H2,1H3,(H,19,22). The molecule has 0 radical (unpaired) electrons. The summed E-state index contributed by atoms with van der Waals surface area (Å²) in [6.07, 6.45) is 0.270. The number of piperazine rings is 1. The molecule has 5 nitrogen and oxygen atoms in total. The molecule has 0 unspecified atom stereocenters.